The molecular weight excluding hydrogens is 466 g/mol. The number of nitrogens with one attached hydrogen (secondary N) is 2. The van der Waals surface area contributed by atoms with E-state index in [-0.39, 0.29) is 23.3 Å². The first-order valence-electron chi connectivity index (χ1n) is 11.7. The van der Waals surface area contributed by atoms with Crippen LogP contribution in [0.1, 0.15) is 57.8 Å². The zero-order valence-electron chi connectivity index (χ0n) is 19.1. The average molecular weight is 490 g/mol. The van der Waals surface area contributed by atoms with Gasteiger partial charge in [0.1, 0.15) is 34.0 Å². The lowest BCUT2D eigenvalue weighted by molar-refractivity contribution is 0.0582. The molecule has 2 N–H and O–H groups in total. The number of amides is 2. The molecule has 2 aliphatic heterocycles. The van der Waals surface area contributed by atoms with Gasteiger partial charge in [-0.3, -0.25) is 19.0 Å². The highest BCUT2D eigenvalue weighted by molar-refractivity contribution is 7.20. The van der Waals surface area contributed by atoms with Crippen molar-refractivity contribution in [3.05, 3.63) is 44.9 Å². The second-order valence-electron chi connectivity index (χ2n) is 9.49. The van der Waals surface area contributed by atoms with Gasteiger partial charge in [-0.15, -0.1) is 11.3 Å². The molecule has 0 atom stereocenters. The molecule has 10 nitrogen and oxygen atoms in total. The van der Waals surface area contributed by atoms with E-state index in [0.29, 0.717) is 50.9 Å². The van der Waals surface area contributed by atoms with Gasteiger partial charge in [0.15, 0.2) is 0 Å². The number of nitriles is 1. The minimum Gasteiger partial charge on any atom is -0.335 e. The Morgan fingerprint density at radius 3 is 2.74 bits per heavy atom. The first kappa shape index (κ1) is 21.7. The topological polar surface area (TPSA) is 133 Å². The molecule has 0 radical (unpaired) electrons. The van der Waals surface area contributed by atoms with E-state index >= 15 is 0 Å². The van der Waals surface area contributed by atoms with Crippen molar-refractivity contribution >= 4 is 44.9 Å². The van der Waals surface area contributed by atoms with Gasteiger partial charge in [-0.25, -0.2) is 9.97 Å². The number of carbonyl (C=O) groups is 2. The van der Waals surface area contributed by atoms with E-state index in [1.165, 1.54) is 17.7 Å². The number of aromatic nitrogens is 3. The minimum atomic E-state index is -0.675. The van der Waals surface area contributed by atoms with Crippen molar-refractivity contribution in [2.75, 3.05) is 18.4 Å². The number of nitrogens with zero attached hydrogens (tertiary/aromatic N) is 5. The Hall–Kier alpha value is -3.78. The molecule has 1 spiro atoms. The van der Waals surface area contributed by atoms with Crippen LogP contribution in [-0.2, 0) is 5.66 Å². The molecule has 1 aliphatic carbocycles. The van der Waals surface area contributed by atoms with Crippen LogP contribution in [0.2, 0.25) is 0 Å². The summed E-state index contributed by atoms with van der Waals surface area (Å²) in [5.41, 5.74) is 0.511. The summed E-state index contributed by atoms with van der Waals surface area (Å²) in [5, 5.41) is 15.9. The van der Waals surface area contributed by atoms with Crippen molar-refractivity contribution in [3.63, 3.8) is 0 Å². The predicted octanol–water partition coefficient (Wildman–Crippen LogP) is 2.86. The summed E-state index contributed by atoms with van der Waals surface area (Å²) in [4.78, 5) is 50.7. The normalized spacial score (nSPS) is 18.7. The van der Waals surface area contributed by atoms with E-state index in [1.54, 1.807) is 21.6 Å². The van der Waals surface area contributed by atoms with Gasteiger partial charge in [-0.2, -0.15) is 5.26 Å². The fourth-order valence-corrected chi connectivity index (χ4v) is 6.37. The molecule has 0 bridgehead atoms. The molecule has 3 aromatic heterocycles. The maximum atomic E-state index is 13.7. The first-order chi connectivity index (χ1) is 16.9. The van der Waals surface area contributed by atoms with E-state index < -0.39 is 5.66 Å². The van der Waals surface area contributed by atoms with Crippen molar-refractivity contribution in [1.82, 2.24) is 24.8 Å². The van der Waals surface area contributed by atoms with Gasteiger partial charge in [0.05, 0.1) is 22.3 Å². The lowest BCUT2D eigenvalue weighted by Gasteiger charge is -2.35. The monoisotopic (exact) mass is 489 g/mol. The molecule has 3 aliphatic rings. The maximum absolute atomic E-state index is 13.7. The Morgan fingerprint density at radius 2 is 2.00 bits per heavy atom. The Balaban J connectivity index is 1.37. The number of carbonyl (C=O) groups excluding carboxylic acids is 2. The number of hydrogen-bond acceptors (Lipinski definition) is 8. The zero-order chi connectivity index (χ0) is 24.3. The third kappa shape index (κ3) is 3.31. The molecule has 1 saturated carbocycles. The summed E-state index contributed by atoms with van der Waals surface area (Å²) in [6, 6.07) is 5.59. The van der Waals surface area contributed by atoms with Crippen LogP contribution in [0.15, 0.2) is 23.3 Å². The molecule has 2 fully saturated rings. The van der Waals surface area contributed by atoms with Gasteiger partial charge >= 0.3 is 0 Å². The van der Waals surface area contributed by atoms with Gasteiger partial charge in [-0.05, 0) is 50.3 Å². The molecule has 178 valence electrons. The molecule has 2 amide bonds. The molecule has 0 unspecified atom stereocenters. The van der Waals surface area contributed by atoms with E-state index in [4.69, 9.17) is 5.26 Å². The molecule has 5 heterocycles. The largest absolute Gasteiger partial charge is 0.335 e. The van der Waals surface area contributed by atoms with Gasteiger partial charge in [0.2, 0.25) is 0 Å². The lowest BCUT2D eigenvalue weighted by Crippen LogP contribution is -2.49. The zero-order valence-corrected chi connectivity index (χ0v) is 19.9. The number of fused-ring (bicyclic) bond motifs is 3. The standard InChI is InChI=1S/C24H23N7O3S/c1-13-7-16(22(33)31-18(13)20(32)29-24(31)5-3-2-4-6-24)28-19-15-8-17(35-21(15)27-12-26-19)23(34)30-10-14(9-25)11-30/h7-8,12,14H,2-6,10-11H2,1H3,(H,29,32)(H,26,27,28). The van der Waals surface area contributed by atoms with Crippen molar-refractivity contribution in [1.29, 1.82) is 5.26 Å². The fraction of sp³-hybridized carbons (Fsp3) is 0.417. The maximum Gasteiger partial charge on any atom is 0.276 e. The second kappa shape index (κ2) is 7.88. The van der Waals surface area contributed by atoms with E-state index in [0.717, 1.165) is 32.1 Å². The predicted molar refractivity (Wildman–Crippen MR) is 130 cm³/mol. The molecular formula is C24H23N7O3S. The summed E-state index contributed by atoms with van der Waals surface area (Å²) in [6.07, 6.45) is 5.85. The summed E-state index contributed by atoms with van der Waals surface area (Å²) >= 11 is 1.26. The molecule has 1 saturated heterocycles. The van der Waals surface area contributed by atoms with Crippen LogP contribution in [0.5, 0.6) is 0 Å². The van der Waals surface area contributed by atoms with Crippen molar-refractivity contribution in [3.8, 4) is 6.07 Å². The Kier molecular flexibility index (Phi) is 4.89. The second-order valence-corrected chi connectivity index (χ2v) is 10.5. The van der Waals surface area contributed by atoms with Crippen molar-refractivity contribution in [2.45, 2.75) is 44.7 Å². The van der Waals surface area contributed by atoms with Crippen LogP contribution in [-0.4, -0.2) is 44.3 Å². The fourth-order valence-electron chi connectivity index (χ4n) is 5.41. The highest BCUT2D eigenvalue weighted by Gasteiger charge is 2.45. The SMILES string of the molecule is Cc1cc(Nc2ncnc3sc(C(=O)N4CC(C#N)C4)cc23)c(=O)n2c1C(=O)NC21CCCCC1. The van der Waals surface area contributed by atoms with Crippen LogP contribution < -0.4 is 16.2 Å². The molecule has 11 heteroatoms. The molecule has 35 heavy (non-hydrogen) atoms. The number of rotatable bonds is 3. The number of thiophene rings is 1. The van der Waals surface area contributed by atoms with E-state index in [2.05, 4.69) is 26.7 Å². The Labute approximate surface area is 204 Å². The number of pyridine rings is 1. The molecule has 0 aromatic carbocycles. The van der Waals surface area contributed by atoms with E-state index in [9.17, 15) is 14.4 Å². The first-order valence-corrected chi connectivity index (χ1v) is 12.5. The van der Waals surface area contributed by atoms with Crippen LogP contribution in [0.4, 0.5) is 11.5 Å². The van der Waals surface area contributed by atoms with Crippen LogP contribution >= 0.6 is 11.3 Å². The van der Waals surface area contributed by atoms with Gasteiger partial charge in [0.25, 0.3) is 17.4 Å². The lowest BCUT2D eigenvalue weighted by atomic mass is 9.89. The van der Waals surface area contributed by atoms with Gasteiger partial charge in [0, 0.05) is 13.1 Å². The van der Waals surface area contributed by atoms with E-state index in [1.807, 2.05) is 6.92 Å². The average Bonchev–Trinajstić information content (AvgIpc) is 3.37. The smallest absolute Gasteiger partial charge is 0.276 e. The van der Waals surface area contributed by atoms with Crippen LogP contribution in [0, 0.1) is 24.2 Å². The number of likely N-dealkylation sites (tertiary alicyclic amines) is 1. The van der Waals surface area contributed by atoms with Gasteiger partial charge < -0.3 is 15.5 Å². The highest BCUT2D eigenvalue weighted by Crippen LogP contribution is 2.38. The quantitative estimate of drug-likeness (QED) is 0.578. The number of hydrogen-bond donors (Lipinski definition) is 2. The number of aryl methyl sites for hydroxylation is 1. The summed E-state index contributed by atoms with van der Waals surface area (Å²) < 4.78 is 1.64. The van der Waals surface area contributed by atoms with Crippen molar-refractivity contribution < 1.29 is 9.59 Å². The third-order valence-corrected chi connectivity index (χ3v) is 8.24. The number of anilines is 2. The summed E-state index contributed by atoms with van der Waals surface area (Å²) in [6.45, 7) is 2.69. The highest BCUT2D eigenvalue weighted by atomic mass is 32.1. The van der Waals surface area contributed by atoms with Gasteiger partial charge in [-0.1, -0.05) is 6.42 Å². The molecule has 3 aromatic rings. The summed E-state index contributed by atoms with van der Waals surface area (Å²) in [7, 11) is 0. The minimum absolute atomic E-state index is 0.116. The van der Waals surface area contributed by atoms with Crippen molar-refractivity contribution in [2.24, 2.45) is 5.92 Å². The molecule has 6 rings (SSSR count). The Bertz CT molecular complexity index is 1490. The third-order valence-electron chi connectivity index (χ3n) is 7.21. The Morgan fingerprint density at radius 1 is 1.23 bits per heavy atom. The van der Waals surface area contributed by atoms with Crippen LogP contribution in [0.3, 0.4) is 0 Å². The van der Waals surface area contributed by atoms with Crippen LogP contribution in [0.25, 0.3) is 10.2 Å². The summed E-state index contributed by atoms with van der Waals surface area (Å²) in [5.74, 6) is -0.0307.